The van der Waals surface area contributed by atoms with Crippen molar-refractivity contribution >= 4 is 21.7 Å². The second kappa shape index (κ2) is 9.31. The van der Waals surface area contributed by atoms with Crippen LogP contribution >= 0.6 is 0 Å². The van der Waals surface area contributed by atoms with Crippen molar-refractivity contribution in [1.29, 1.82) is 0 Å². The number of hydrogen-bond acceptors (Lipinski definition) is 6. The fraction of sp³-hybridized carbons (Fsp3) is 0.474. The molecule has 154 valence electrons. The van der Waals surface area contributed by atoms with Crippen molar-refractivity contribution in [1.82, 2.24) is 14.8 Å². The van der Waals surface area contributed by atoms with E-state index in [4.69, 9.17) is 4.52 Å². The number of carbonyl (C=O) groups is 1. The number of nitrogens with zero attached hydrogens (tertiary/aromatic N) is 2. The summed E-state index contributed by atoms with van der Waals surface area (Å²) in [6.07, 6.45) is 0. The Morgan fingerprint density at radius 1 is 1.18 bits per heavy atom. The number of aryl methyl sites for hydroxylation is 1. The lowest BCUT2D eigenvalue weighted by Gasteiger charge is -2.21. The highest BCUT2D eigenvalue weighted by atomic mass is 32.2. The van der Waals surface area contributed by atoms with Crippen LogP contribution in [0.15, 0.2) is 39.8 Å². The van der Waals surface area contributed by atoms with Crippen LogP contribution in [0.4, 0.5) is 5.82 Å². The van der Waals surface area contributed by atoms with Gasteiger partial charge in [0.1, 0.15) is 5.76 Å². The van der Waals surface area contributed by atoms with E-state index in [0.29, 0.717) is 24.7 Å². The summed E-state index contributed by atoms with van der Waals surface area (Å²) in [6, 6.07) is 7.74. The van der Waals surface area contributed by atoms with E-state index in [9.17, 15) is 13.2 Å². The maximum absolute atomic E-state index is 12.6. The van der Waals surface area contributed by atoms with Crippen molar-refractivity contribution in [3.05, 3.63) is 41.7 Å². The molecule has 1 aromatic carbocycles. The lowest BCUT2D eigenvalue weighted by Crippen LogP contribution is -2.39. The van der Waals surface area contributed by atoms with Gasteiger partial charge in [0.05, 0.1) is 10.9 Å². The lowest BCUT2D eigenvalue weighted by molar-refractivity contribution is -0.118. The van der Waals surface area contributed by atoms with Gasteiger partial charge in [0.2, 0.25) is 15.9 Å². The Balaban J connectivity index is 2.02. The predicted octanol–water partition coefficient (Wildman–Crippen LogP) is 2.69. The zero-order chi connectivity index (χ0) is 20.9. The third-order valence-electron chi connectivity index (χ3n) is 4.50. The van der Waals surface area contributed by atoms with Crippen molar-refractivity contribution in [2.45, 2.75) is 51.6 Å². The van der Waals surface area contributed by atoms with Crippen LogP contribution in [-0.2, 0) is 14.8 Å². The monoisotopic (exact) mass is 408 g/mol. The van der Waals surface area contributed by atoms with Gasteiger partial charge in [0, 0.05) is 25.2 Å². The van der Waals surface area contributed by atoms with E-state index in [0.717, 1.165) is 5.56 Å². The first-order valence-corrected chi connectivity index (χ1v) is 10.7. The van der Waals surface area contributed by atoms with Gasteiger partial charge >= 0.3 is 0 Å². The SMILES string of the molecule is CCN(CC)S(=O)(=O)c1ccc([C@H](C)N[C@@H](C)C(=O)Nc2cc(C)on2)cc1. The molecule has 1 aromatic heterocycles. The van der Waals surface area contributed by atoms with Crippen molar-refractivity contribution in [2.24, 2.45) is 0 Å². The van der Waals surface area contributed by atoms with Gasteiger partial charge in [-0.15, -0.1) is 0 Å². The maximum atomic E-state index is 12.6. The Bertz CT molecular complexity index is 889. The number of anilines is 1. The van der Waals surface area contributed by atoms with E-state index < -0.39 is 16.1 Å². The first kappa shape index (κ1) is 22.1. The number of nitrogens with one attached hydrogen (secondary N) is 2. The summed E-state index contributed by atoms with van der Waals surface area (Å²) in [5.41, 5.74) is 0.885. The fourth-order valence-corrected chi connectivity index (χ4v) is 4.31. The van der Waals surface area contributed by atoms with Crippen molar-refractivity contribution < 1.29 is 17.7 Å². The lowest BCUT2D eigenvalue weighted by atomic mass is 10.1. The molecule has 0 radical (unpaired) electrons. The van der Waals surface area contributed by atoms with Crippen LogP contribution in [0.25, 0.3) is 0 Å². The van der Waals surface area contributed by atoms with Crippen molar-refractivity contribution in [2.75, 3.05) is 18.4 Å². The highest BCUT2D eigenvalue weighted by Gasteiger charge is 2.22. The minimum Gasteiger partial charge on any atom is -0.360 e. The smallest absolute Gasteiger partial charge is 0.243 e. The second-order valence-electron chi connectivity index (χ2n) is 6.58. The number of sulfonamides is 1. The average Bonchev–Trinajstić information content (AvgIpc) is 3.07. The molecule has 0 unspecified atom stereocenters. The molecule has 0 saturated heterocycles. The normalized spacial score (nSPS) is 14.1. The van der Waals surface area contributed by atoms with Gasteiger partial charge in [-0.25, -0.2) is 8.42 Å². The van der Waals surface area contributed by atoms with Gasteiger partial charge < -0.3 is 9.84 Å². The quantitative estimate of drug-likeness (QED) is 0.661. The number of carbonyl (C=O) groups excluding carboxylic acids is 1. The fourth-order valence-electron chi connectivity index (χ4n) is 2.85. The number of benzene rings is 1. The maximum Gasteiger partial charge on any atom is 0.243 e. The molecular weight excluding hydrogens is 380 g/mol. The third-order valence-corrected chi connectivity index (χ3v) is 6.56. The summed E-state index contributed by atoms with van der Waals surface area (Å²) in [6.45, 7) is 9.89. The van der Waals surface area contributed by atoms with Crippen LogP contribution in [0, 0.1) is 6.92 Å². The van der Waals surface area contributed by atoms with Gasteiger partial charge in [-0.2, -0.15) is 4.31 Å². The van der Waals surface area contributed by atoms with Crippen LogP contribution in [0.1, 0.15) is 45.1 Å². The Hall–Kier alpha value is -2.23. The van der Waals surface area contributed by atoms with E-state index in [2.05, 4.69) is 15.8 Å². The highest BCUT2D eigenvalue weighted by molar-refractivity contribution is 7.89. The molecule has 0 bridgehead atoms. The van der Waals surface area contributed by atoms with E-state index in [-0.39, 0.29) is 16.8 Å². The molecule has 1 heterocycles. The van der Waals surface area contributed by atoms with Gasteiger partial charge in [-0.05, 0) is 38.5 Å². The molecule has 0 fully saturated rings. The molecule has 8 nitrogen and oxygen atoms in total. The van der Waals surface area contributed by atoms with E-state index in [1.54, 1.807) is 44.2 Å². The van der Waals surface area contributed by atoms with Gasteiger partial charge in [0.15, 0.2) is 5.82 Å². The van der Waals surface area contributed by atoms with E-state index in [1.807, 2.05) is 20.8 Å². The predicted molar refractivity (Wildman–Crippen MR) is 107 cm³/mol. The van der Waals surface area contributed by atoms with Gasteiger partial charge in [0.25, 0.3) is 0 Å². The number of hydrogen-bond donors (Lipinski definition) is 2. The van der Waals surface area contributed by atoms with Crippen LogP contribution in [-0.4, -0.2) is 42.9 Å². The summed E-state index contributed by atoms with van der Waals surface area (Å²) in [5.74, 6) is 0.750. The number of rotatable bonds is 9. The van der Waals surface area contributed by atoms with Crippen LogP contribution in [0.5, 0.6) is 0 Å². The number of amides is 1. The third kappa shape index (κ3) is 5.18. The van der Waals surface area contributed by atoms with E-state index >= 15 is 0 Å². The standard InChI is InChI=1S/C19H28N4O4S/c1-6-23(7-2)28(25,26)17-10-8-16(9-11-17)14(4)20-15(5)19(24)21-18-12-13(3)27-22-18/h8-12,14-15,20H,6-7H2,1-5H3,(H,21,22,24)/t14-,15-/m0/s1. The average molecular weight is 409 g/mol. The highest BCUT2D eigenvalue weighted by Crippen LogP contribution is 2.20. The first-order valence-electron chi connectivity index (χ1n) is 9.29. The zero-order valence-corrected chi connectivity index (χ0v) is 17.7. The molecule has 2 aromatic rings. The first-order chi connectivity index (χ1) is 13.2. The molecule has 0 spiro atoms. The molecule has 0 aliphatic carbocycles. The van der Waals surface area contributed by atoms with Gasteiger partial charge in [-0.1, -0.05) is 31.1 Å². The largest absolute Gasteiger partial charge is 0.360 e. The van der Waals surface area contributed by atoms with Crippen LogP contribution in [0.3, 0.4) is 0 Å². The molecule has 28 heavy (non-hydrogen) atoms. The molecular formula is C19H28N4O4S. The molecule has 9 heteroatoms. The topological polar surface area (TPSA) is 105 Å². The molecule has 0 aliphatic heterocycles. The number of aromatic nitrogens is 1. The second-order valence-corrected chi connectivity index (χ2v) is 8.52. The summed E-state index contributed by atoms with van der Waals surface area (Å²) < 4.78 is 31.5. The Kier molecular flexibility index (Phi) is 7.34. The molecule has 2 N–H and O–H groups in total. The molecule has 2 atom stereocenters. The zero-order valence-electron chi connectivity index (χ0n) is 16.9. The molecule has 2 rings (SSSR count). The molecule has 1 amide bonds. The minimum absolute atomic E-state index is 0.148. The molecule has 0 saturated carbocycles. The summed E-state index contributed by atoms with van der Waals surface area (Å²) in [7, 11) is -3.48. The Labute approximate surface area is 166 Å². The van der Waals surface area contributed by atoms with Gasteiger partial charge in [-0.3, -0.25) is 10.1 Å². The van der Waals surface area contributed by atoms with Crippen LogP contribution < -0.4 is 10.6 Å². The van der Waals surface area contributed by atoms with Crippen molar-refractivity contribution in [3.63, 3.8) is 0 Å². The minimum atomic E-state index is -3.48. The Morgan fingerprint density at radius 3 is 2.29 bits per heavy atom. The molecule has 0 aliphatic rings. The summed E-state index contributed by atoms with van der Waals surface area (Å²) in [4.78, 5) is 12.5. The van der Waals surface area contributed by atoms with Crippen molar-refractivity contribution in [3.8, 4) is 0 Å². The summed E-state index contributed by atoms with van der Waals surface area (Å²) >= 11 is 0. The Morgan fingerprint density at radius 2 is 1.79 bits per heavy atom. The summed E-state index contributed by atoms with van der Waals surface area (Å²) in [5, 5.41) is 9.62. The van der Waals surface area contributed by atoms with E-state index in [1.165, 1.54) is 4.31 Å². The van der Waals surface area contributed by atoms with Crippen LogP contribution in [0.2, 0.25) is 0 Å².